The number of hydrogen-bond donors (Lipinski definition) is 0. The van der Waals surface area contributed by atoms with E-state index in [4.69, 9.17) is 11.6 Å². The minimum Gasteiger partial charge on any atom is -0.227 e. The van der Waals surface area contributed by atoms with E-state index in [-0.39, 0.29) is 0 Å². The molecular formula is C9H12ClN5. The maximum Gasteiger partial charge on any atom is 0.183 e. The zero-order valence-corrected chi connectivity index (χ0v) is 9.28. The van der Waals surface area contributed by atoms with Crippen LogP contribution in [0.4, 0.5) is 0 Å². The molecule has 0 bridgehead atoms. The summed E-state index contributed by atoms with van der Waals surface area (Å²) in [5.74, 6) is 0. The van der Waals surface area contributed by atoms with Crippen molar-refractivity contribution in [3.8, 4) is 0 Å². The molecule has 80 valence electrons. The molecule has 0 saturated carbocycles. The molecule has 0 unspecified atom stereocenters. The van der Waals surface area contributed by atoms with Crippen molar-refractivity contribution >= 4 is 22.8 Å². The van der Waals surface area contributed by atoms with Crippen molar-refractivity contribution in [3.05, 3.63) is 11.5 Å². The fourth-order valence-corrected chi connectivity index (χ4v) is 1.59. The SMILES string of the molecule is CCCCCn1nnc2c(Cl)ncnc21. The first-order valence-electron chi connectivity index (χ1n) is 5.02. The maximum absolute atomic E-state index is 5.86. The van der Waals surface area contributed by atoms with E-state index in [0.717, 1.165) is 13.0 Å². The van der Waals surface area contributed by atoms with Gasteiger partial charge in [-0.2, -0.15) is 0 Å². The monoisotopic (exact) mass is 225 g/mol. The van der Waals surface area contributed by atoms with E-state index in [1.54, 1.807) is 4.68 Å². The third-order valence-corrected chi connectivity index (χ3v) is 2.51. The molecule has 0 aromatic carbocycles. The number of aryl methyl sites for hydroxylation is 1. The van der Waals surface area contributed by atoms with Crippen molar-refractivity contribution in [1.29, 1.82) is 0 Å². The van der Waals surface area contributed by atoms with Gasteiger partial charge in [0.05, 0.1) is 0 Å². The molecule has 6 heteroatoms. The molecule has 0 amide bonds. The van der Waals surface area contributed by atoms with Crippen molar-refractivity contribution < 1.29 is 0 Å². The zero-order valence-electron chi connectivity index (χ0n) is 8.52. The minimum atomic E-state index is 0.363. The van der Waals surface area contributed by atoms with Crippen molar-refractivity contribution in [2.24, 2.45) is 0 Å². The second-order valence-corrected chi connectivity index (χ2v) is 3.71. The van der Waals surface area contributed by atoms with Gasteiger partial charge in [-0.15, -0.1) is 5.10 Å². The predicted molar refractivity (Wildman–Crippen MR) is 57.7 cm³/mol. The van der Waals surface area contributed by atoms with E-state index in [1.807, 2.05) is 0 Å². The number of fused-ring (bicyclic) bond motifs is 1. The van der Waals surface area contributed by atoms with E-state index in [2.05, 4.69) is 27.2 Å². The second-order valence-electron chi connectivity index (χ2n) is 3.36. The molecule has 0 aliphatic heterocycles. The number of aromatic nitrogens is 5. The number of unbranched alkanes of at least 4 members (excludes halogenated alkanes) is 2. The van der Waals surface area contributed by atoms with E-state index >= 15 is 0 Å². The lowest BCUT2D eigenvalue weighted by molar-refractivity contribution is 0.547. The van der Waals surface area contributed by atoms with Gasteiger partial charge < -0.3 is 0 Å². The molecule has 0 fully saturated rings. The second kappa shape index (κ2) is 4.53. The van der Waals surface area contributed by atoms with Crippen molar-refractivity contribution in [1.82, 2.24) is 25.0 Å². The molecule has 5 nitrogen and oxygen atoms in total. The van der Waals surface area contributed by atoms with Crippen LogP contribution < -0.4 is 0 Å². The first kappa shape index (κ1) is 10.3. The van der Waals surface area contributed by atoms with Crippen LogP contribution in [0.5, 0.6) is 0 Å². The summed E-state index contributed by atoms with van der Waals surface area (Å²) in [4.78, 5) is 7.98. The van der Waals surface area contributed by atoms with Crippen LogP contribution in [-0.4, -0.2) is 25.0 Å². The molecule has 0 atom stereocenters. The lowest BCUT2D eigenvalue weighted by Crippen LogP contribution is -2.01. The van der Waals surface area contributed by atoms with Crippen LogP contribution in [0, 0.1) is 0 Å². The highest BCUT2D eigenvalue weighted by Gasteiger charge is 2.08. The lowest BCUT2D eigenvalue weighted by atomic mass is 10.2. The topological polar surface area (TPSA) is 56.5 Å². The Morgan fingerprint density at radius 1 is 1.33 bits per heavy atom. The van der Waals surface area contributed by atoms with Crippen LogP contribution in [0.3, 0.4) is 0 Å². The Kier molecular flexibility index (Phi) is 3.11. The smallest absolute Gasteiger partial charge is 0.183 e. The summed E-state index contributed by atoms with van der Waals surface area (Å²) in [7, 11) is 0. The molecule has 0 aliphatic carbocycles. The van der Waals surface area contributed by atoms with E-state index < -0.39 is 0 Å². The van der Waals surface area contributed by atoms with Gasteiger partial charge in [-0.3, -0.25) is 0 Å². The molecule has 2 heterocycles. The highest BCUT2D eigenvalue weighted by molar-refractivity contribution is 6.33. The van der Waals surface area contributed by atoms with Crippen LogP contribution in [0.25, 0.3) is 11.2 Å². The molecule has 0 aliphatic rings. The van der Waals surface area contributed by atoms with Gasteiger partial charge in [0.1, 0.15) is 6.33 Å². The van der Waals surface area contributed by atoms with Crippen molar-refractivity contribution in [3.63, 3.8) is 0 Å². The Balaban J connectivity index is 2.25. The van der Waals surface area contributed by atoms with Gasteiger partial charge in [-0.05, 0) is 6.42 Å². The first-order valence-corrected chi connectivity index (χ1v) is 5.40. The quantitative estimate of drug-likeness (QED) is 0.591. The number of hydrogen-bond acceptors (Lipinski definition) is 4. The highest BCUT2D eigenvalue weighted by Crippen LogP contribution is 2.15. The van der Waals surface area contributed by atoms with Crippen molar-refractivity contribution in [2.45, 2.75) is 32.7 Å². The van der Waals surface area contributed by atoms with Gasteiger partial charge in [-0.25, -0.2) is 14.6 Å². The fraction of sp³-hybridized carbons (Fsp3) is 0.556. The Morgan fingerprint density at radius 2 is 2.20 bits per heavy atom. The highest BCUT2D eigenvalue weighted by atomic mass is 35.5. The average molecular weight is 226 g/mol. The normalized spacial score (nSPS) is 11.1. The molecule has 2 aromatic rings. The summed E-state index contributed by atoms with van der Waals surface area (Å²) in [5, 5.41) is 8.32. The van der Waals surface area contributed by atoms with Gasteiger partial charge in [0, 0.05) is 6.54 Å². The maximum atomic E-state index is 5.86. The summed E-state index contributed by atoms with van der Waals surface area (Å²) in [6.45, 7) is 3.00. The Bertz CT molecular complexity index is 453. The third-order valence-electron chi connectivity index (χ3n) is 2.23. The van der Waals surface area contributed by atoms with Crippen LogP contribution in [0.1, 0.15) is 26.2 Å². The molecule has 15 heavy (non-hydrogen) atoms. The molecule has 0 spiro atoms. The van der Waals surface area contributed by atoms with Gasteiger partial charge in [-0.1, -0.05) is 36.6 Å². The van der Waals surface area contributed by atoms with E-state index in [1.165, 1.54) is 19.2 Å². The number of nitrogens with zero attached hydrogens (tertiary/aromatic N) is 5. The van der Waals surface area contributed by atoms with Crippen LogP contribution in [-0.2, 0) is 6.54 Å². The Labute approximate surface area is 92.5 Å². The molecule has 2 aromatic heterocycles. The van der Waals surface area contributed by atoms with Crippen LogP contribution in [0.2, 0.25) is 5.15 Å². The number of halogens is 1. The summed E-state index contributed by atoms with van der Waals surface area (Å²) < 4.78 is 1.78. The molecule has 0 saturated heterocycles. The first-order chi connectivity index (χ1) is 7.33. The fourth-order valence-electron chi connectivity index (χ4n) is 1.43. The van der Waals surface area contributed by atoms with Gasteiger partial charge in [0.2, 0.25) is 0 Å². The van der Waals surface area contributed by atoms with Gasteiger partial charge in [0.15, 0.2) is 16.3 Å². The lowest BCUT2D eigenvalue weighted by Gasteiger charge is -1.99. The largest absolute Gasteiger partial charge is 0.227 e. The third kappa shape index (κ3) is 2.07. The molecule has 0 radical (unpaired) electrons. The van der Waals surface area contributed by atoms with E-state index in [0.29, 0.717) is 16.3 Å². The summed E-state index contributed by atoms with van der Waals surface area (Å²) >= 11 is 5.86. The molecule has 2 rings (SSSR count). The molecular weight excluding hydrogens is 214 g/mol. The summed E-state index contributed by atoms with van der Waals surface area (Å²) in [5.41, 5.74) is 1.29. The molecule has 0 N–H and O–H groups in total. The summed E-state index contributed by atoms with van der Waals surface area (Å²) in [6, 6.07) is 0. The van der Waals surface area contributed by atoms with E-state index in [9.17, 15) is 0 Å². The summed E-state index contributed by atoms with van der Waals surface area (Å²) in [6.07, 6.45) is 4.88. The number of rotatable bonds is 4. The van der Waals surface area contributed by atoms with Gasteiger partial charge in [0.25, 0.3) is 0 Å². The standard InChI is InChI=1S/C9H12ClN5/c1-2-3-4-5-15-9-7(13-14-15)8(10)11-6-12-9/h6H,2-5H2,1H3. The minimum absolute atomic E-state index is 0.363. The Hall–Kier alpha value is -1.23. The predicted octanol–water partition coefficient (Wildman–Crippen LogP) is 2.06. The van der Waals surface area contributed by atoms with Crippen LogP contribution >= 0.6 is 11.6 Å². The van der Waals surface area contributed by atoms with Crippen molar-refractivity contribution in [2.75, 3.05) is 0 Å². The van der Waals surface area contributed by atoms with Gasteiger partial charge >= 0.3 is 0 Å². The Morgan fingerprint density at radius 3 is 3.00 bits per heavy atom. The zero-order chi connectivity index (χ0) is 10.7. The van der Waals surface area contributed by atoms with Crippen LogP contribution in [0.15, 0.2) is 6.33 Å². The average Bonchev–Trinajstić information content (AvgIpc) is 2.64.